The molecule has 0 saturated carbocycles. The molecule has 0 bridgehead atoms. The summed E-state index contributed by atoms with van der Waals surface area (Å²) in [5, 5.41) is 3.47. The molecule has 0 aliphatic carbocycles. The van der Waals surface area contributed by atoms with Crippen LogP contribution in [-0.4, -0.2) is 20.4 Å². The summed E-state index contributed by atoms with van der Waals surface area (Å²) in [4.78, 5) is 3.91. The summed E-state index contributed by atoms with van der Waals surface area (Å²) in [6.45, 7) is 0. The fourth-order valence-electron chi connectivity index (χ4n) is 1.53. The molecule has 9 heteroatoms. The molecule has 0 aliphatic heterocycles. The van der Waals surface area contributed by atoms with Crippen molar-refractivity contribution >= 4 is 60.7 Å². The highest BCUT2D eigenvalue weighted by molar-refractivity contribution is 9.10. The highest BCUT2D eigenvalue weighted by Gasteiger charge is 2.18. The van der Waals surface area contributed by atoms with E-state index in [0.29, 0.717) is 21.0 Å². The Bertz CT molecular complexity index is 784. The van der Waals surface area contributed by atoms with E-state index in [1.807, 2.05) is 0 Å². The minimum absolute atomic E-state index is 0.0339. The predicted molar refractivity (Wildman–Crippen MR) is 88.8 cm³/mol. The molecule has 112 valence electrons. The van der Waals surface area contributed by atoms with E-state index in [-0.39, 0.29) is 9.92 Å². The lowest BCUT2D eigenvalue weighted by Crippen LogP contribution is -2.14. The molecule has 0 saturated heterocycles. The van der Waals surface area contributed by atoms with Gasteiger partial charge in [-0.2, -0.15) is 0 Å². The number of halogens is 3. The number of nitrogens with one attached hydrogen (secondary N) is 2. The van der Waals surface area contributed by atoms with Crippen LogP contribution in [0.2, 0.25) is 10.0 Å². The number of sulfonamides is 1. The minimum atomic E-state index is -3.79. The Hall–Kier alpha value is -1.02. The average Bonchev–Trinajstić information content (AvgIpc) is 2.42. The van der Waals surface area contributed by atoms with Crippen LogP contribution in [0.25, 0.3) is 0 Å². The number of anilines is 2. The van der Waals surface area contributed by atoms with E-state index < -0.39 is 10.0 Å². The van der Waals surface area contributed by atoms with Crippen LogP contribution in [0, 0.1) is 0 Å². The standard InChI is InChI=1S/C12H10BrCl2N3O2S/c1-16-12-10(15)5-8(6-17-12)21(19,20)18-11-3-2-7(14)4-9(11)13/h2-6,18H,1H3,(H,16,17). The number of pyridine rings is 1. The number of nitrogens with zero attached hydrogens (tertiary/aromatic N) is 1. The second kappa shape index (κ2) is 6.39. The number of benzene rings is 1. The Balaban J connectivity index is 2.36. The molecule has 2 rings (SSSR count). The first-order valence-electron chi connectivity index (χ1n) is 5.64. The lowest BCUT2D eigenvalue weighted by Gasteiger charge is -2.11. The van der Waals surface area contributed by atoms with Crippen LogP contribution in [0.5, 0.6) is 0 Å². The Morgan fingerprint density at radius 1 is 1.24 bits per heavy atom. The average molecular weight is 411 g/mol. The highest BCUT2D eigenvalue weighted by atomic mass is 79.9. The van der Waals surface area contributed by atoms with E-state index in [4.69, 9.17) is 23.2 Å². The van der Waals surface area contributed by atoms with Crippen LogP contribution in [0.1, 0.15) is 0 Å². The Morgan fingerprint density at radius 3 is 2.52 bits per heavy atom. The van der Waals surface area contributed by atoms with Gasteiger partial charge in [-0.15, -0.1) is 0 Å². The van der Waals surface area contributed by atoms with Crippen LogP contribution in [0.3, 0.4) is 0 Å². The van der Waals surface area contributed by atoms with E-state index in [1.54, 1.807) is 25.2 Å². The Morgan fingerprint density at radius 2 is 1.95 bits per heavy atom. The lowest BCUT2D eigenvalue weighted by atomic mass is 10.3. The Labute approximate surface area is 140 Å². The minimum Gasteiger partial charge on any atom is -0.372 e. The zero-order chi connectivity index (χ0) is 15.6. The van der Waals surface area contributed by atoms with Crippen molar-refractivity contribution in [1.82, 2.24) is 4.98 Å². The van der Waals surface area contributed by atoms with E-state index in [9.17, 15) is 8.42 Å². The lowest BCUT2D eigenvalue weighted by molar-refractivity contribution is 0.601. The number of hydrogen-bond donors (Lipinski definition) is 2. The summed E-state index contributed by atoms with van der Waals surface area (Å²) in [5.74, 6) is 0.406. The largest absolute Gasteiger partial charge is 0.372 e. The SMILES string of the molecule is CNc1ncc(S(=O)(=O)Nc2ccc(Cl)cc2Br)cc1Cl. The monoisotopic (exact) mass is 409 g/mol. The van der Waals surface area contributed by atoms with E-state index >= 15 is 0 Å². The predicted octanol–water partition coefficient (Wildman–Crippen LogP) is 3.99. The van der Waals surface area contributed by atoms with Gasteiger partial charge in [0.15, 0.2) is 0 Å². The molecule has 0 atom stereocenters. The quantitative estimate of drug-likeness (QED) is 0.799. The second-order valence-corrected chi connectivity index (χ2v) is 7.36. The topological polar surface area (TPSA) is 71.1 Å². The van der Waals surface area contributed by atoms with Gasteiger partial charge in [0.2, 0.25) is 0 Å². The van der Waals surface area contributed by atoms with Crippen LogP contribution < -0.4 is 10.0 Å². The van der Waals surface area contributed by atoms with Crippen molar-refractivity contribution in [2.45, 2.75) is 4.90 Å². The molecule has 0 unspecified atom stereocenters. The third-order valence-electron chi connectivity index (χ3n) is 2.54. The van der Waals surface area contributed by atoms with Crippen molar-refractivity contribution < 1.29 is 8.42 Å². The molecule has 5 nitrogen and oxygen atoms in total. The number of hydrogen-bond acceptors (Lipinski definition) is 4. The normalized spacial score (nSPS) is 11.2. The van der Waals surface area contributed by atoms with Crippen molar-refractivity contribution in [1.29, 1.82) is 0 Å². The summed E-state index contributed by atoms with van der Waals surface area (Å²) >= 11 is 15.0. The van der Waals surface area contributed by atoms with Gasteiger partial charge in [-0.25, -0.2) is 13.4 Å². The summed E-state index contributed by atoms with van der Waals surface area (Å²) in [6, 6.07) is 6.06. The molecule has 21 heavy (non-hydrogen) atoms. The van der Waals surface area contributed by atoms with E-state index in [0.717, 1.165) is 0 Å². The first-order valence-corrected chi connectivity index (χ1v) is 8.68. The van der Waals surface area contributed by atoms with Crippen LogP contribution in [-0.2, 0) is 10.0 Å². The van der Waals surface area contributed by atoms with Gasteiger partial charge in [0.1, 0.15) is 10.7 Å². The first-order chi connectivity index (χ1) is 9.83. The Kier molecular flexibility index (Phi) is 4.98. The summed E-state index contributed by atoms with van der Waals surface area (Å²) in [7, 11) is -2.15. The first kappa shape index (κ1) is 16.4. The van der Waals surface area contributed by atoms with Gasteiger partial charge in [-0.3, -0.25) is 4.72 Å². The maximum atomic E-state index is 12.3. The maximum Gasteiger partial charge on any atom is 0.263 e. The molecule has 0 amide bonds. The van der Waals surface area contributed by atoms with Crippen LogP contribution in [0.4, 0.5) is 11.5 Å². The third kappa shape index (κ3) is 3.79. The fraction of sp³-hybridized carbons (Fsp3) is 0.0833. The van der Waals surface area contributed by atoms with Crippen LogP contribution >= 0.6 is 39.1 Å². The second-order valence-electron chi connectivity index (χ2n) is 3.98. The van der Waals surface area contributed by atoms with Crippen molar-refractivity contribution in [3.8, 4) is 0 Å². The molecule has 0 aliphatic rings. The van der Waals surface area contributed by atoms with Gasteiger partial charge < -0.3 is 5.32 Å². The van der Waals surface area contributed by atoms with Crippen molar-refractivity contribution in [2.75, 3.05) is 17.1 Å². The van der Waals surface area contributed by atoms with E-state index in [2.05, 4.69) is 31.0 Å². The molecule has 0 fully saturated rings. The zero-order valence-corrected chi connectivity index (χ0v) is 14.6. The van der Waals surface area contributed by atoms with Gasteiger partial charge in [0.05, 0.1) is 10.7 Å². The van der Waals surface area contributed by atoms with Crippen molar-refractivity contribution in [3.05, 3.63) is 45.0 Å². The molecule has 0 radical (unpaired) electrons. The summed E-state index contributed by atoms with van der Waals surface area (Å²) in [5.41, 5.74) is 0.369. The molecule has 0 spiro atoms. The molecule has 2 aromatic rings. The summed E-state index contributed by atoms with van der Waals surface area (Å²) in [6.07, 6.45) is 1.23. The zero-order valence-electron chi connectivity index (χ0n) is 10.7. The van der Waals surface area contributed by atoms with Crippen molar-refractivity contribution in [2.24, 2.45) is 0 Å². The van der Waals surface area contributed by atoms with Gasteiger partial charge >= 0.3 is 0 Å². The van der Waals surface area contributed by atoms with Gasteiger partial charge in [0, 0.05) is 22.7 Å². The van der Waals surface area contributed by atoms with Gasteiger partial charge in [-0.05, 0) is 40.2 Å². The molecular formula is C12H10BrCl2N3O2S. The van der Waals surface area contributed by atoms with Crippen LogP contribution in [0.15, 0.2) is 39.8 Å². The number of rotatable bonds is 4. The van der Waals surface area contributed by atoms with E-state index in [1.165, 1.54) is 12.3 Å². The highest BCUT2D eigenvalue weighted by Crippen LogP contribution is 2.29. The van der Waals surface area contributed by atoms with Gasteiger partial charge in [-0.1, -0.05) is 23.2 Å². The molecule has 2 N–H and O–H groups in total. The number of aromatic nitrogens is 1. The molecule has 1 aromatic heterocycles. The molecule has 1 aromatic carbocycles. The molecular weight excluding hydrogens is 401 g/mol. The maximum absolute atomic E-state index is 12.3. The summed E-state index contributed by atoms with van der Waals surface area (Å²) < 4.78 is 27.6. The smallest absolute Gasteiger partial charge is 0.263 e. The van der Waals surface area contributed by atoms with Crippen molar-refractivity contribution in [3.63, 3.8) is 0 Å². The fourth-order valence-corrected chi connectivity index (χ4v) is 3.82. The third-order valence-corrected chi connectivity index (χ3v) is 5.05. The molecule has 1 heterocycles. The van der Waals surface area contributed by atoms with Gasteiger partial charge in [0.25, 0.3) is 10.0 Å².